The van der Waals surface area contributed by atoms with Crippen molar-refractivity contribution >= 4 is 22.7 Å². The second-order valence-electron chi connectivity index (χ2n) is 4.92. The normalized spacial score (nSPS) is 11.0. The molecule has 6 nitrogen and oxygen atoms in total. The van der Waals surface area contributed by atoms with Crippen molar-refractivity contribution in [3.63, 3.8) is 0 Å². The number of thiazole rings is 1. The number of nitrogens with zero attached hydrogens (tertiary/aromatic N) is 2. The number of rotatable bonds is 6. The van der Waals surface area contributed by atoms with E-state index in [2.05, 4.69) is 15.5 Å². The zero-order valence-electron chi connectivity index (χ0n) is 13.6. The van der Waals surface area contributed by atoms with Crippen LogP contribution in [0.2, 0.25) is 0 Å². The number of methoxy groups -OCH3 is 2. The minimum Gasteiger partial charge on any atom is -0.497 e. The van der Waals surface area contributed by atoms with Crippen molar-refractivity contribution < 1.29 is 13.9 Å². The van der Waals surface area contributed by atoms with E-state index in [1.54, 1.807) is 20.4 Å². The predicted octanol–water partition coefficient (Wildman–Crippen LogP) is 4.17. The average Bonchev–Trinajstić information content (AvgIpc) is 3.23. The van der Waals surface area contributed by atoms with Gasteiger partial charge in [0.05, 0.1) is 26.1 Å². The molecule has 0 unspecified atom stereocenters. The summed E-state index contributed by atoms with van der Waals surface area (Å²) < 4.78 is 16.0. The van der Waals surface area contributed by atoms with E-state index in [0.717, 1.165) is 22.8 Å². The van der Waals surface area contributed by atoms with Crippen molar-refractivity contribution in [2.45, 2.75) is 6.92 Å². The first-order valence-electron chi connectivity index (χ1n) is 7.23. The molecule has 0 radical (unpaired) electrons. The fraction of sp³-hybridized carbons (Fsp3) is 0.176. The van der Waals surface area contributed by atoms with E-state index in [4.69, 9.17) is 13.9 Å². The van der Waals surface area contributed by atoms with Gasteiger partial charge in [-0.05, 0) is 31.2 Å². The van der Waals surface area contributed by atoms with Crippen LogP contribution in [0.5, 0.6) is 11.5 Å². The van der Waals surface area contributed by atoms with Crippen LogP contribution in [0.4, 0.5) is 5.13 Å². The van der Waals surface area contributed by atoms with Crippen molar-refractivity contribution in [2.24, 2.45) is 5.10 Å². The topological polar surface area (TPSA) is 68.9 Å². The van der Waals surface area contributed by atoms with Crippen LogP contribution in [0.25, 0.3) is 11.3 Å². The molecule has 3 rings (SSSR count). The minimum atomic E-state index is 0.683. The van der Waals surface area contributed by atoms with E-state index in [0.29, 0.717) is 16.6 Å². The molecule has 0 atom stereocenters. The number of hydrogen-bond donors (Lipinski definition) is 1. The molecule has 24 heavy (non-hydrogen) atoms. The standard InChI is InChI=1S/C17H17N3O3S/c1-11-4-5-13(23-11)9-18-20-17-19-15(10-24-17)14-7-6-12(21-2)8-16(14)22-3/h4-10H,1-3H3,(H,19,20)/b18-9-. The maximum absolute atomic E-state index is 5.42. The Morgan fingerprint density at radius 2 is 2.08 bits per heavy atom. The molecular formula is C17H17N3O3S. The molecule has 124 valence electrons. The first-order chi connectivity index (χ1) is 11.7. The fourth-order valence-electron chi connectivity index (χ4n) is 2.13. The molecule has 0 saturated carbocycles. The van der Waals surface area contributed by atoms with Gasteiger partial charge < -0.3 is 13.9 Å². The number of hydrogen-bond acceptors (Lipinski definition) is 7. The lowest BCUT2D eigenvalue weighted by molar-refractivity contribution is 0.395. The van der Waals surface area contributed by atoms with Gasteiger partial charge in [-0.25, -0.2) is 4.98 Å². The molecule has 0 aliphatic heterocycles. The number of furan rings is 1. The lowest BCUT2D eigenvalue weighted by atomic mass is 10.1. The van der Waals surface area contributed by atoms with Crippen LogP contribution >= 0.6 is 11.3 Å². The molecule has 0 fully saturated rings. The average molecular weight is 343 g/mol. The summed E-state index contributed by atoms with van der Waals surface area (Å²) in [5.41, 5.74) is 4.61. The van der Waals surface area contributed by atoms with E-state index in [1.807, 2.05) is 42.6 Å². The van der Waals surface area contributed by atoms with E-state index in [9.17, 15) is 0 Å². The molecule has 3 aromatic rings. The zero-order chi connectivity index (χ0) is 16.9. The Bertz CT molecular complexity index is 854. The van der Waals surface area contributed by atoms with E-state index in [-0.39, 0.29) is 0 Å². The Balaban J connectivity index is 1.74. The van der Waals surface area contributed by atoms with Gasteiger partial charge in [-0.2, -0.15) is 5.10 Å². The number of aromatic nitrogens is 1. The smallest absolute Gasteiger partial charge is 0.203 e. The van der Waals surface area contributed by atoms with Crippen LogP contribution in [-0.2, 0) is 0 Å². The van der Waals surface area contributed by atoms with Gasteiger partial charge in [-0.1, -0.05) is 0 Å². The summed E-state index contributed by atoms with van der Waals surface area (Å²) in [4.78, 5) is 4.52. The van der Waals surface area contributed by atoms with Crippen molar-refractivity contribution in [3.8, 4) is 22.8 Å². The number of aryl methyl sites for hydroxylation is 1. The SMILES string of the molecule is COc1ccc(-c2csc(N/N=C\c3ccc(C)o3)n2)c(OC)c1. The van der Waals surface area contributed by atoms with E-state index in [1.165, 1.54) is 11.3 Å². The Morgan fingerprint density at radius 1 is 1.21 bits per heavy atom. The zero-order valence-corrected chi connectivity index (χ0v) is 14.4. The molecule has 2 aromatic heterocycles. The Labute approximate surface area is 143 Å². The number of hydrazone groups is 1. The number of anilines is 1. The molecule has 1 N–H and O–H groups in total. The van der Waals surface area contributed by atoms with Crippen molar-refractivity contribution in [2.75, 3.05) is 19.6 Å². The molecule has 0 saturated heterocycles. The summed E-state index contributed by atoms with van der Waals surface area (Å²) in [6.07, 6.45) is 1.61. The second kappa shape index (κ2) is 7.18. The Kier molecular flexibility index (Phi) is 4.81. The molecule has 2 heterocycles. The van der Waals surface area contributed by atoms with Gasteiger partial charge in [0.25, 0.3) is 0 Å². The third-order valence-corrected chi connectivity index (χ3v) is 4.05. The largest absolute Gasteiger partial charge is 0.497 e. The molecule has 7 heteroatoms. The summed E-state index contributed by atoms with van der Waals surface area (Å²) in [6, 6.07) is 9.38. The van der Waals surface area contributed by atoms with Crippen LogP contribution in [-0.4, -0.2) is 25.4 Å². The van der Waals surface area contributed by atoms with Gasteiger partial charge in [0.1, 0.15) is 23.0 Å². The van der Waals surface area contributed by atoms with Crippen molar-refractivity contribution in [3.05, 3.63) is 47.2 Å². The summed E-state index contributed by atoms with van der Waals surface area (Å²) in [5.74, 6) is 2.98. The van der Waals surface area contributed by atoms with Gasteiger partial charge >= 0.3 is 0 Å². The third-order valence-electron chi connectivity index (χ3n) is 3.30. The van der Waals surface area contributed by atoms with Crippen LogP contribution in [0, 0.1) is 6.92 Å². The molecule has 1 aromatic carbocycles. The molecule has 0 bridgehead atoms. The first kappa shape index (κ1) is 16.1. The Morgan fingerprint density at radius 3 is 2.79 bits per heavy atom. The highest BCUT2D eigenvalue weighted by Crippen LogP contribution is 2.34. The van der Waals surface area contributed by atoms with Gasteiger partial charge in [0.2, 0.25) is 5.13 Å². The van der Waals surface area contributed by atoms with Gasteiger partial charge in [0.15, 0.2) is 0 Å². The molecule has 0 aliphatic rings. The molecule has 0 amide bonds. The van der Waals surface area contributed by atoms with E-state index >= 15 is 0 Å². The Hall–Kier alpha value is -2.80. The first-order valence-corrected chi connectivity index (χ1v) is 8.11. The van der Waals surface area contributed by atoms with Crippen LogP contribution in [0.1, 0.15) is 11.5 Å². The summed E-state index contributed by atoms with van der Waals surface area (Å²) in [5, 5.41) is 6.76. The fourth-order valence-corrected chi connectivity index (χ4v) is 2.79. The van der Waals surface area contributed by atoms with Crippen molar-refractivity contribution in [1.29, 1.82) is 0 Å². The highest BCUT2D eigenvalue weighted by Gasteiger charge is 2.11. The van der Waals surface area contributed by atoms with Gasteiger partial charge in [0, 0.05) is 17.0 Å². The maximum Gasteiger partial charge on any atom is 0.203 e. The van der Waals surface area contributed by atoms with Gasteiger partial charge in [-0.3, -0.25) is 5.43 Å². The number of benzene rings is 1. The van der Waals surface area contributed by atoms with Crippen molar-refractivity contribution in [1.82, 2.24) is 4.98 Å². The molecule has 0 aliphatic carbocycles. The summed E-state index contributed by atoms with van der Waals surface area (Å²) in [6.45, 7) is 1.89. The predicted molar refractivity (Wildman–Crippen MR) is 95.3 cm³/mol. The maximum atomic E-state index is 5.42. The lowest BCUT2D eigenvalue weighted by Gasteiger charge is -2.08. The lowest BCUT2D eigenvalue weighted by Crippen LogP contribution is -1.92. The number of ether oxygens (including phenoxy) is 2. The highest BCUT2D eigenvalue weighted by molar-refractivity contribution is 7.14. The van der Waals surface area contributed by atoms with Crippen LogP contribution in [0.15, 0.2) is 45.2 Å². The second-order valence-corrected chi connectivity index (χ2v) is 5.78. The van der Waals surface area contributed by atoms with Crippen LogP contribution < -0.4 is 14.9 Å². The highest BCUT2D eigenvalue weighted by atomic mass is 32.1. The van der Waals surface area contributed by atoms with Gasteiger partial charge in [-0.15, -0.1) is 11.3 Å². The minimum absolute atomic E-state index is 0.683. The number of nitrogens with one attached hydrogen (secondary N) is 1. The van der Waals surface area contributed by atoms with E-state index < -0.39 is 0 Å². The monoisotopic (exact) mass is 343 g/mol. The summed E-state index contributed by atoms with van der Waals surface area (Å²) >= 11 is 1.46. The molecular weight excluding hydrogens is 326 g/mol. The third kappa shape index (κ3) is 3.57. The molecule has 0 spiro atoms. The quantitative estimate of drug-likeness (QED) is 0.537. The van der Waals surface area contributed by atoms with Crippen LogP contribution in [0.3, 0.4) is 0 Å². The summed E-state index contributed by atoms with van der Waals surface area (Å²) in [7, 11) is 3.25.